The van der Waals surface area contributed by atoms with Gasteiger partial charge in [-0.15, -0.1) is 0 Å². The second kappa shape index (κ2) is 5.86. The number of carbonyl (C=O) groups excluding carboxylic acids is 1. The first-order chi connectivity index (χ1) is 12.0. The van der Waals surface area contributed by atoms with Crippen LogP contribution in [0.5, 0.6) is 0 Å². The summed E-state index contributed by atoms with van der Waals surface area (Å²) in [5, 5.41) is 4.24. The van der Waals surface area contributed by atoms with Crippen LogP contribution in [0.1, 0.15) is 0 Å². The molecule has 1 amide bonds. The molecule has 0 saturated carbocycles. The van der Waals surface area contributed by atoms with E-state index >= 15 is 0 Å². The van der Waals surface area contributed by atoms with Gasteiger partial charge in [0, 0.05) is 15.5 Å². The van der Waals surface area contributed by atoms with Crippen molar-refractivity contribution in [3.8, 4) is 0 Å². The highest BCUT2D eigenvalue weighted by atomic mass is 79.9. The van der Waals surface area contributed by atoms with Crippen LogP contribution in [0.2, 0.25) is 0 Å². The molecule has 1 heterocycles. The maximum absolute atomic E-state index is 12.8. The smallest absolute Gasteiger partial charge is 0.265 e. The molecule has 3 aromatic carbocycles. The van der Waals surface area contributed by atoms with Gasteiger partial charge in [0.05, 0.1) is 10.6 Å². The summed E-state index contributed by atoms with van der Waals surface area (Å²) in [5.74, 6) is -0.393. The number of anilines is 2. The van der Waals surface area contributed by atoms with E-state index in [1.807, 2.05) is 12.1 Å². The van der Waals surface area contributed by atoms with Crippen molar-refractivity contribution in [2.24, 2.45) is 0 Å². The normalized spacial score (nSPS) is 14.7. The average molecular weight is 417 g/mol. The van der Waals surface area contributed by atoms with E-state index in [0.29, 0.717) is 16.8 Å². The number of halogens is 1. The fourth-order valence-electron chi connectivity index (χ4n) is 2.99. The number of benzene rings is 3. The minimum Gasteiger partial charge on any atom is -0.325 e. The van der Waals surface area contributed by atoms with E-state index in [9.17, 15) is 13.2 Å². The average Bonchev–Trinajstić information content (AvgIpc) is 2.81. The van der Waals surface area contributed by atoms with Gasteiger partial charge >= 0.3 is 0 Å². The van der Waals surface area contributed by atoms with E-state index in [0.717, 1.165) is 9.86 Å². The molecule has 7 heteroatoms. The van der Waals surface area contributed by atoms with E-state index in [-0.39, 0.29) is 11.4 Å². The van der Waals surface area contributed by atoms with Gasteiger partial charge in [0.1, 0.15) is 6.54 Å². The van der Waals surface area contributed by atoms with E-state index in [1.54, 1.807) is 48.5 Å². The first kappa shape index (κ1) is 16.1. The third-order valence-corrected chi connectivity index (χ3v) is 6.43. The Morgan fingerprint density at radius 2 is 1.68 bits per heavy atom. The zero-order valence-corrected chi connectivity index (χ0v) is 15.3. The Balaban J connectivity index is 1.66. The fourth-order valence-corrected chi connectivity index (χ4v) is 4.92. The summed E-state index contributed by atoms with van der Waals surface area (Å²) >= 11 is 3.33. The Kier molecular flexibility index (Phi) is 3.77. The largest absolute Gasteiger partial charge is 0.325 e. The molecule has 0 bridgehead atoms. The van der Waals surface area contributed by atoms with Gasteiger partial charge in [-0.1, -0.05) is 40.2 Å². The lowest BCUT2D eigenvalue weighted by Gasteiger charge is -2.18. The standard InChI is InChI=1S/C18H13BrN2O3S/c19-13-7-9-14(10-8-13)20-17(22)11-21-15-5-1-3-12-4-2-6-16(18(12)15)25(21,23)24/h1-10H,11H2,(H,20,22). The molecule has 0 saturated heterocycles. The highest BCUT2D eigenvalue weighted by molar-refractivity contribution is 9.10. The van der Waals surface area contributed by atoms with Gasteiger partial charge < -0.3 is 5.32 Å². The van der Waals surface area contributed by atoms with Crippen LogP contribution in [-0.4, -0.2) is 20.9 Å². The van der Waals surface area contributed by atoms with Crippen molar-refractivity contribution in [3.63, 3.8) is 0 Å². The molecule has 126 valence electrons. The number of hydrogen-bond donors (Lipinski definition) is 1. The topological polar surface area (TPSA) is 66.5 Å². The third-order valence-electron chi connectivity index (χ3n) is 4.10. The van der Waals surface area contributed by atoms with Crippen LogP contribution in [-0.2, 0) is 14.8 Å². The second-order valence-corrected chi connectivity index (χ2v) is 8.44. The molecule has 3 aromatic rings. The highest BCUT2D eigenvalue weighted by Gasteiger charge is 2.36. The van der Waals surface area contributed by atoms with E-state index < -0.39 is 15.9 Å². The van der Waals surface area contributed by atoms with Crippen LogP contribution >= 0.6 is 15.9 Å². The molecule has 0 spiro atoms. The second-order valence-electron chi connectivity index (χ2n) is 5.70. The predicted molar refractivity (Wildman–Crippen MR) is 101 cm³/mol. The third kappa shape index (κ3) is 2.69. The molecule has 0 aromatic heterocycles. The molecule has 0 radical (unpaired) electrons. The van der Waals surface area contributed by atoms with Crippen LogP contribution in [0.3, 0.4) is 0 Å². The molecule has 0 unspecified atom stereocenters. The molecule has 25 heavy (non-hydrogen) atoms. The van der Waals surface area contributed by atoms with Crippen molar-refractivity contribution in [2.45, 2.75) is 4.90 Å². The van der Waals surface area contributed by atoms with E-state index in [1.165, 1.54) is 4.31 Å². The summed E-state index contributed by atoms with van der Waals surface area (Å²) in [6.07, 6.45) is 0. The summed E-state index contributed by atoms with van der Waals surface area (Å²) in [6, 6.07) is 17.6. The van der Waals surface area contributed by atoms with Gasteiger partial charge in [-0.3, -0.25) is 9.10 Å². The molecule has 1 aliphatic rings. The van der Waals surface area contributed by atoms with Crippen LogP contribution in [0.4, 0.5) is 11.4 Å². The van der Waals surface area contributed by atoms with Crippen LogP contribution in [0.25, 0.3) is 10.8 Å². The summed E-state index contributed by atoms with van der Waals surface area (Å²) in [4.78, 5) is 12.6. The van der Waals surface area contributed by atoms with Gasteiger partial charge in [0.2, 0.25) is 5.91 Å². The summed E-state index contributed by atoms with van der Waals surface area (Å²) in [7, 11) is -3.73. The van der Waals surface area contributed by atoms with Gasteiger partial charge in [-0.05, 0) is 41.8 Å². The minimum atomic E-state index is -3.73. The Morgan fingerprint density at radius 3 is 2.40 bits per heavy atom. The highest BCUT2D eigenvalue weighted by Crippen LogP contribution is 2.41. The molecule has 4 rings (SSSR count). The first-order valence-electron chi connectivity index (χ1n) is 7.57. The molecule has 5 nitrogen and oxygen atoms in total. The van der Waals surface area contributed by atoms with Gasteiger partial charge in [0.15, 0.2) is 0 Å². The Bertz CT molecular complexity index is 1090. The zero-order chi connectivity index (χ0) is 17.6. The van der Waals surface area contributed by atoms with Crippen molar-refractivity contribution in [1.82, 2.24) is 0 Å². The number of sulfonamides is 1. The molecular formula is C18H13BrN2O3S. The van der Waals surface area contributed by atoms with Crippen LogP contribution in [0.15, 0.2) is 70.0 Å². The predicted octanol–water partition coefficient (Wildman–Crippen LogP) is 3.75. The quantitative estimate of drug-likeness (QED) is 0.706. The van der Waals surface area contributed by atoms with Crippen molar-refractivity contribution < 1.29 is 13.2 Å². The Morgan fingerprint density at radius 1 is 1.00 bits per heavy atom. The lowest BCUT2D eigenvalue weighted by atomic mass is 10.1. The molecule has 0 aliphatic carbocycles. The summed E-state index contributed by atoms with van der Waals surface area (Å²) in [5.41, 5.74) is 1.15. The number of rotatable bonds is 3. The first-order valence-corrected chi connectivity index (χ1v) is 9.80. The van der Waals surface area contributed by atoms with Crippen molar-refractivity contribution in [3.05, 3.63) is 65.1 Å². The van der Waals surface area contributed by atoms with Crippen molar-refractivity contribution in [2.75, 3.05) is 16.2 Å². The zero-order valence-electron chi connectivity index (χ0n) is 12.9. The van der Waals surface area contributed by atoms with Crippen molar-refractivity contribution in [1.29, 1.82) is 0 Å². The summed E-state index contributed by atoms with van der Waals surface area (Å²) < 4.78 is 27.7. The lowest BCUT2D eigenvalue weighted by molar-refractivity contribution is -0.114. The van der Waals surface area contributed by atoms with Gasteiger partial charge in [-0.25, -0.2) is 8.42 Å². The molecular weight excluding hydrogens is 404 g/mol. The van der Waals surface area contributed by atoms with Crippen LogP contribution < -0.4 is 9.62 Å². The Labute approximate surface area is 153 Å². The Hall–Kier alpha value is -2.38. The molecule has 0 fully saturated rings. The van der Waals surface area contributed by atoms with E-state index in [2.05, 4.69) is 21.2 Å². The van der Waals surface area contributed by atoms with Gasteiger partial charge in [0.25, 0.3) is 10.0 Å². The SMILES string of the molecule is O=C(CN1c2cccc3cccc(c23)S1(=O)=O)Nc1ccc(Br)cc1. The fraction of sp³-hybridized carbons (Fsp3) is 0.0556. The number of amides is 1. The minimum absolute atomic E-state index is 0.247. The number of nitrogens with one attached hydrogen (secondary N) is 1. The molecule has 1 aliphatic heterocycles. The van der Waals surface area contributed by atoms with Crippen molar-refractivity contribution >= 4 is 54.0 Å². The monoisotopic (exact) mass is 416 g/mol. The summed E-state index contributed by atoms with van der Waals surface area (Å²) in [6.45, 7) is -0.272. The van der Waals surface area contributed by atoms with Gasteiger partial charge in [-0.2, -0.15) is 0 Å². The number of hydrogen-bond acceptors (Lipinski definition) is 3. The maximum Gasteiger partial charge on any atom is 0.265 e. The lowest BCUT2D eigenvalue weighted by Crippen LogP contribution is -2.35. The number of nitrogens with zero attached hydrogens (tertiary/aromatic N) is 1. The molecule has 0 atom stereocenters. The molecule has 1 N–H and O–H groups in total. The number of carbonyl (C=O) groups is 1. The van der Waals surface area contributed by atoms with Crippen LogP contribution in [0, 0.1) is 0 Å². The van der Waals surface area contributed by atoms with E-state index in [4.69, 9.17) is 0 Å². The maximum atomic E-state index is 12.8.